The summed E-state index contributed by atoms with van der Waals surface area (Å²) in [6.07, 6.45) is 1.12. The molecule has 0 unspecified atom stereocenters. The molecule has 0 bridgehead atoms. The van der Waals surface area contributed by atoms with E-state index in [0.29, 0.717) is 0 Å². The van der Waals surface area contributed by atoms with Crippen molar-refractivity contribution in [3.05, 3.63) is 20.1 Å². The second-order valence-electron chi connectivity index (χ2n) is 1.04. The zero-order valence-corrected chi connectivity index (χ0v) is 8.48. The summed E-state index contributed by atoms with van der Waals surface area (Å²) in [6.45, 7) is 3.11. The molecule has 0 aromatic carbocycles. The van der Waals surface area contributed by atoms with Gasteiger partial charge in [0.1, 0.15) is 0 Å². The fourth-order valence-corrected chi connectivity index (χ4v) is 0.447. The maximum absolute atomic E-state index is 9.72. The SMILES string of the molecule is C=CCS(=O)(=O)O.[CH3-].[Na+]. The maximum atomic E-state index is 9.72. The molecule has 0 aliphatic rings. The molecule has 1 N–H and O–H groups in total. The van der Waals surface area contributed by atoms with Gasteiger partial charge in [0, 0.05) is 0 Å². The van der Waals surface area contributed by atoms with E-state index in [9.17, 15) is 8.42 Å². The quantitative estimate of drug-likeness (QED) is 0.210. The summed E-state index contributed by atoms with van der Waals surface area (Å²) in [5, 5.41) is 0. The van der Waals surface area contributed by atoms with E-state index in [2.05, 4.69) is 6.58 Å². The van der Waals surface area contributed by atoms with Crippen LogP contribution in [-0.4, -0.2) is 18.7 Å². The molecule has 0 radical (unpaired) electrons. The summed E-state index contributed by atoms with van der Waals surface area (Å²) in [6, 6.07) is 0. The largest absolute Gasteiger partial charge is 1.00 e. The van der Waals surface area contributed by atoms with Gasteiger partial charge in [0.15, 0.2) is 0 Å². The van der Waals surface area contributed by atoms with E-state index >= 15 is 0 Å². The Morgan fingerprint density at radius 1 is 1.56 bits per heavy atom. The van der Waals surface area contributed by atoms with Crippen LogP contribution in [-0.2, 0) is 10.1 Å². The molecule has 0 amide bonds. The van der Waals surface area contributed by atoms with E-state index < -0.39 is 10.1 Å². The first-order valence-corrected chi connectivity index (χ1v) is 3.23. The van der Waals surface area contributed by atoms with Crippen molar-refractivity contribution in [2.24, 2.45) is 0 Å². The Morgan fingerprint density at radius 3 is 1.89 bits per heavy atom. The first-order chi connectivity index (χ1) is 3.06. The van der Waals surface area contributed by atoms with Crippen molar-refractivity contribution in [1.29, 1.82) is 0 Å². The molecule has 0 heterocycles. The van der Waals surface area contributed by atoms with Gasteiger partial charge in [0.05, 0.1) is 5.75 Å². The van der Waals surface area contributed by atoms with E-state index in [0.717, 1.165) is 6.08 Å². The third-order valence-corrected chi connectivity index (χ3v) is 0.985. The predicted molar refractivity (Wildman–Crippen MR) is 33.0 cm³/mol. The normalized spacial score (nSPS) is 8.56. The zero-order valence-electron chi connectivity index (χ0n) is 5.66. The third-order valence-electron chi connectivity index (χ3n) is 0.328. The Hall–Kier alpha value is 0.650. The van der Waals surface area contributed by atoms with Crippen molar-refractivity contribution in [3.8, 4) is 0 Å². The summed E-state index contributed by atoms with van der Waals surface area (Å²) in [5.74, 6) is -0.368. The Kier molecular flexibility index (Phi) is 12.3. The molecule has 0 rings (SSSR count). The number of rotatable bonds is 2. The molecule has 0 aliphatic heterocycles. The minimum Gasteiger partial charge on any atom is -0.358 e. The van der Waals surface area contributed by atoms with Gasteiger partial charge >= 0.3 is 29.6 Å². The smallest absolute Gasteiger partial charge is 0.358 e. The molecule has 3 nitrogen and oxygen atoms in total. The predicted octanol–water partition coefficient (Wildman–Crippen LogP) is -2.49. The molecule has 0 fully saturated rings. The Labute approximate surface area is 78.2 Å². The van der Waals surface area contributed by atoms with Gasteiger partial charge in [-0.1, -0.05) is 6.08 Å². The second kappa shape index (κ2) is 6.77. The van der Waals surface area contributed by atoms with Crippen molar-refractivity contribution in [2.75, 3.05) is 5.75 Å². The summed E-state index contributed by atoms with van der Waals surface area (Å²) >= 11 is 0. The van der Waals surface area contributed by atoms with E-state index in [1.54, 1.807) is 0 Å². The molecule has 0 aliphatic carbocycles. The fraction of sp³-hybridized carbons (Fsp3) is 0.250. The zero-order chi connectivity index (χ0) is 5.91. The second-order valence-corrected chi connectivity index (χ2v) is 2.53. The van der Waals surface area contributed by atoms with Crippen LogP contribution in [0.15, 0.2) is 12.7 Å². The summed E-state index contributed by atoms with van der Waals surface area (Å²) in [7, 11) is -3.79. The van der Waals surface area contributed by atoms with Crippen LogP contribution < -0.4 is 29.6 Å². The van der Waals surface area contributed by atoms with Gasteiger partial charge in [0.25, 0.3) is 10.1 Å². The molecule has 50 valence electrons. The van der Waals surface area contributed by atoms with Crippen LogP contribution in [0.2, 0.25) is 0 Å². The van der Waals surface area contributed by atoms with Crippen LogP contribution in [0.3, 0.4) is 0 Å². The van der Waals surface area contributed by atoms with E-state index in [-0.39, 0.29) is 42.7 Å². The average molecular weight is 160 g/mol. The van der Waals surface area contributed by atoms with Gasteiger partial charge in [-0.25, -0.2) is 0 Å². The van der Waals surface area contributed by atoms with E-state index in [1.807, 2.05) is 0 Å². The maximum Gasteiger partial charge on any atom is 1.00 e. The van der Waals surface area contributed by atoms with Crippen LogP contribution in [0.1, 0.15) is 0 Å². The van der Waals surface area contributed by atoms with Crippen molar-refractivity contribution in [3.63, 3.8) is 0 Å². The fourth-order valence-electron chi connectivity index (χ4n) is 0.149. The first kappa shape index (κ1) is 16.3. The minimum absolute atomic E-state index is 0. The van der Waals surface area contributed by atoms with Gasteiger partial charge in [-0.3, -0.25) is 4.55 Å². The molecule has 0 aromatic rings. The topological polar surface area (TPSA) is 54.4 Å². The van der Waals surface area contributed by atoms with Crippen molar-refractivity contribution < 1.29 is 42.5 Å². The number of hydrogen-bond donors (Lipinski definition) is 1. The van der Waals surface area contributed by atoms with Gasteiger partial charge in [0.2, 0.25) is 0 Å². The molecule has 5 heteroatoms. The monoisotopic (exact) mass is 160 g/mol. The summed E-state index contributed by atoms with van der Waals surface area (Å²) in [4.78, 5) is 0. The molecule has 9 heavy (non-hydrogen) atoms. The van der Waals surface area contributed by atoms with Crippen LogP contribution in [0.25, 0.3) is 0 Å². The van der Waals surface area contributed by atoms with Gasteiger partial charge in [-0.05, 0) is 0 Å². The van der Waals surface area contributed by atoms with Crippen LogP contribution in [0.5, 0.6) is 0 Å². The third kappa shape index (κ3) is 17.7. The summed E-state index contributed by atoms with van der Waals surface area (Å²) in [5.41, 5.74) is 0. The van der Waals surface area contributed by atoms with Gasteiger partial charge in [-0.15, -0.1) is 6.58 Å². The van der Waals surface area contributed by atoms with Crippen LogP contribution in [0.4, 0.5) is 0 Å². The average Bonchev–Trinajstić information content (AvgIpc) is 1.30. The molecular weight excluding hydrogens is 151 g/mol. The molecule has 0 aromatic heterocycles. The van der Waals surface area contributed by atoms with Crippen LogP contribution in [0, 0.1) is 7.43 Å². The van der Waals surface area contributed by atoms with E-state index in [4.69, 9.17) is 4.55 Å². The molecule has 0 saturated carbocycles. The number of hydrogen-bond acceptors (Lipinski definition) is 2. The molecule has 0 atom stereocenters. The summed E-state index contributed by atoms with van der Waals surface area (Å²) < 4.78 is 27.3. The van der Waals surface area contributed by atoms with Crippen molar-refractivity contribution in [1.82, 2.24) is 0 Å². The minimum atomic E-state index is -3.79. The van der Waals surface area contributed by atoms with Crippen molar-refractivity contribution >= 4 is 10.1 Å². The van der Waals surface area contributed by atoms with Gasteiger partial charge in [-0.2, -0.15) is 8.42 Å². The Bertz CT molecular complexity index is 149. The molecular formula is C4H9NaO3S. The van der Waals surface area contributed by atoms with Crippen LogP contribution >= 0.6 is 0 Å². The standard InChI is InChI=1S/C3H6O3S.CH3.Na/c1-2-3-7(4,5)6;;/h2H,1,3H2,(H,4,5,6);1H3;/q;-1;+1. The Morgan fingerprint density at radius 2 is 1.89 bits per heavy atom. The van der Waals surface area contributed by atoms with Crippen molar-refractivity contribution in [2.45, 2.75) is 0 Å². The first-order valence-electron chi connectivity index (χ1n) is 1.62. The van der Waals surface area contributed by atoms with E-state index in [1.165, 1.54) is 0 Å². The Balaban J connectivity index is -0.000000180. The van der Waals surface area contributed by atoms with Gasteiger partial charge < -0.3 is 7.43 Å². The molecule has 0 spiro atoms. The molecule has 0 saturated heterocycles.